The molecule has 1 aliphatic carbocycles. The number of rotatable bonds is 3. The van der Waals surface area contributed by atoms with Gasteiger partial charge in [-0.25, -0.2) is 4.39 Å². The van der Waals surface area contributed by atoms with Gasteiger partial charge in [0.15, 0.2) is 5.76 Å². The van der Waals surface area contributed by atoms with E-state index in [1.165, 1.54) is 18.6 Å². The van der Waals surface area contributed by atoms with Crippen molar-refractivity contribution in [2.24, 2.45) is 5.73 Å². The Balaban J connectivity index is 1.91. The van der Waals surface area contributed by atoms with Gasteiger partial charge < -0.3 is 10.3 Å². The lowest BCUT2D eigenvalue weighted by molar-refractivity contribution is 0.234. The summed E-state index contributed by atoms with van der Waals surface area (Å²) in [6, 6.07) is 8.14. The van der Waals surface area contributed by atoms with E-state index in [1.54, 1.807) is 12.1 Å². The molecule has 1 aliphatic rings. The van der Waals surface area contributed by atoms with Crippen LogP contribution in [0.15, 0.2) is 34.9 Å². The van der Waals surface area contributed by atoms with Gasteiger partial charge >= 0.3 is 0 Å². The van der Waals surface area contributed by atoms with Gasteiger partial charge in [0.1, 0.15) is 5.82 Å². The first-order valence-electron chi connectivity index (χ1n) is 6.17. The van der Waals surface area contributed by atoms with Gasteiger partial charge in [-0.1, -0.05) is 11.6 Å². The third-order valence-electron chi connectivity index (χ3n) is 3.88. The Bertz CT molecular complexity index is 538. The predicted molar refractivity (Wildman–Crippen MR) is 66.5 cm³/mol. The molecule has 1 aromatic carbocycles. The van der Waals surface area contributed by atoms with Crippen LogP contribution in [0.4, 0.5) is 4.39 Å². The first-order valence-corrected chi connectivity index (χ1v) is 6.17. The highest BCUT2D eigenvalue weighted by molar-refractivity contribution is 5.57. The SMILES string of the molecule is NCC1(c2cc(-c3ccc(F)cc3)on2)CCC1. The lowest BCUT2D eigenvalue weighted by Crippen LogP contribution is -2.41. The lowest BCUT2D eigenvalue weighted by atomic mass is 9.66. The molecule has 94 valence electrons. The van der Waals surface area contributed by atoms with Crippen molar-refractivity contribution in [1.82, 2.24) is 5.16 Å². The van der Waals surface area contributed by atoms with E-state index in [-0.39, 0.29) is 11.2 Å². The predicted octanol–water partition coefficient (Wildman–Crippen LogP) is 2.86. The summed E-state index contributed by atoms with van der Waals surface area (Å²) >= 11 is 0. The Morgan fingerprint density at radius 3 is 2.56 bits per heavy atom. The summed E-state index contributed by atoms with van der Waals surface area (Å²) in [4.78, 5) is 0. The molecule has 1 saturated carbocycles. The Labute approximate surface area is 105 Å². The van der Waals surface area contributed by atoms with E-state index in [0.717, 1.165) is 24.1 Å². The fourth-order valence-electron chi connectivity index (χ4n) is 2.44. The van der Waals surface area contributed by atoms with Gasteiger partial charge in [-0.15, -0.1) is 0 Å². The molecule has 2 aromatic rings. The number of hydrogen-bond acceptors (Lipinski definition) is 3. The monoisotopic (exact) mass is 246 g/mol. The van der Waals surface area contributed by atoms with Gasteiger partial charge in [0, 0.05) is 23.6 Å². The van der Waals surface area contributed by atoms with Crippen LogP contribution in [0.2, 0.25) is 0 Å². The van der Waals surface area contributed by atoms with Gasteiger partial charge in [0.05, 0.1) is 5.69 Å². The molecule has 0 unspecified atom stereocenters. The van der Waals surface area contributed by atoms with Gasteiger partial charge in [-0.2, -0.15) is 0 Å². The van der Waals surface area contributed by atoms with Gasteiger partial charge in [-0.05, 0) is 37.1 Å². The molecule has 18 heavy (non-hydrogen) atoms. The maximum absolute atomic E-state index is 12.9. The molecule has 0 bridgehead atoms. The van der Waals surface area contributed by atoms with E-state index in [1.807, 2.05) is 6.07 Å². The van der Waals surface area contributed by atoms with Crippen molar-refractivity contribution in [3.05, 3.63) is 41.8 Å². The third kappa shape index (κ3) is 1.73. The normalized spacial score (nSPS) is 17.4. The van der Waals surface area contributed by atoms with E-state index in [4.69, 9.17) is 10.3 Å². The standard InChI is InChI=1S/C14H15FN2O/c15-11-4-2-10(3-5-11)12-8-13(17-18-12)14(9-16)6-1-7-14/h2-5,8H,1,6-7,9,16H2. The van der Waals surface area contributed by atoms with E-state index >= 15 is 0 Å². The molecule has 0 aliphatic heterocycles. The van der Waals surface area contributed by atoms with Gasteiger partial charge in [0.2, 0.25) is 0 Å². The molecule has 4 heteroatoms. The van der Waals surface area contributed by atoms with E-state index in [2.05, 4.69) is 5.16 Å². The average molecular weight is 246 g/mol. The average Bonchev–Trinajstić information content (AvgIpc) is 2.79. The second-order valence-corrected chi connectivity index (χ2v) is 4.92. The molecule has 3 nitrogen and oxygen atoms in total. The summed E-state index contributed by atoms with van der Waals surface area (Å²) in [5, 5.41) is 4.13. The first-order chi connectivity index (χ1) is 8.73. The molecule has 0 saturated heterocycles. The molecule has 2 N–H and O–H groups in total. The molecular formula is C14H15FN2O. The summed E-state index contributed by atoms with van der Waals surface area (Å²) in [6.07, 6.45) is 3.33. The second kappa shape index (κ2) is 4.21. The van der Waals surface area contributed by atoms with Crippen molar-refractivity contribution in [1.29, 1.82) is 0 Å². The van der Waals surface area contributed by atoms with Crippen molar-refractivity contribution in [3.8, 4) is 11.3 Å². The summed E-state index contributed by atoms with van der Waals surface area (Å²) in [6.45, 7) is 0.600. The van der Waals surface area contributed by atoms with Crippen LogP contribution in [0, 0.1) is 5.82 Å². The van der Waals surface area contributed by atoms with Crippen LogP contribution in [-0.4, -0.2) is 11.7 Å². The summed E-state index contributed by atoms with van der Waals surface area (Å²) < 4.78 is 18.2. The van der Waals surface area contributed by atoms with Crippen LogP contribution >= 0.6 is 0 Å². The number of aromatic nitrogens is 1. The van der Waals surface area contributed by atoms with Crippen LogP contribution in [0.3, 0.4) is 0 Å². The lowest BCUT2D eigenvalue weighted by Gasteiger charge is -2.38. The van der Waals surface area contributed by atoms with Crippen LogP contribution in [0.25, 0.3) is 11.3 Å². The highest BCUT2D eigenvalue weighted by Crippen LogP contribution is 2.43. The largest absolute Gasteiger partial charge is 0.356 e. The minimum Gasteiger partial charge on any atom is -0.356 e. The van der Waals surface area contributed by atoms with Crippen molar-refractivity contribution in [3.63, 3.8) is 0 Å². The molecular weight excluding hydrogens is 231 g/mol. The quantitative estimate of drug-likeness (QED) is 0.906. The Morgan fingerprint density at radius 1 is 1.28 bits per heavy atom. The molecule has 0 radical (unpaired) electrons. The number of hydrogen-bond donors (Lipinski definition) is 1. The Hall–Kier alpha value is -1.68. The minimum absolute atomic E-state index is 0.00177. The summed E-state index contributed by atoms with van der Waals surface area (Å²) in [7, 11) is 0. The van der Waals surface area contributed by atoms with Gasteiger partial charge in [-0.3, -0.25) is 0 Å². The van der Waals surface area contributed by atoms with Crippen molar-refractivity contribution in [2.45, 2.75) is 24.7 Å². The topological polar surface area (TPSA) is 52.0 Å². The maximum atomic E-state index is 12.9. The third-order valence-corrected chi connectivity index (χ3v) is 3.88. The second-order valence-electron chi connectivity index (χ2n) is 4.92. The number of halogens is 1. The summed E-state index contributed by atoms with van der Waals surface area (Å²) in [5.74, 6) is 0.417. The minimum atomic E-state index is -0.254. The van der Waals surface area contributed by atoms with E-state index in [0.29, 0.717) is 12.3 Å². The molecule has 0 spiro atoms. The Morgan fingerprint density at radius 2 is 2.00 bits per heavy atom. The number of nitrogens with two attached hydrogens (primary N) is 1. The van der Waals surface area contributed by atoms with Crippen LogP contribution < -0.4 is 5.73 Å². The highest BCUT2D eigenvalue weighted by Gasteiger charge is 2.40. The zero-order chi connectivity index (χ0) is 12.6. The van der Waals surface area contributed by atoms with Crippen LogP contribution in [0.1, 0.15) is 25.0 Å². The van der Waals surface area contributed by atoms with Crippen molar-refractivity contribution >= 4 is 0 Å². The Kier molecular flexibility index (Phi) is 2.67. The van der Waals surface area contributed by atoms with E-state index in [9.17, 15) is 4.39 Å². The van der Waals surface area contributed by atoms with Gasteiger partial charge in [0.25, 0.3) is 0 Å². The smallest absolute Gasteiger partial charge is 0.167 e. The van der Waals surface area contributed by atoms with Crippen LogP contribution in [0.5, 0.6) is 0 Å². The zero-order valence-electron chi connectivity index (χ0n) is 10.0. The van der Waals surface area contributed by atoms with Crippen molar-refractivity contribution < 1.29 is 8.91 Å². The zero-order valence-corrected chi connectivity index (χ0v) is 10.0. The first kappa shape index (κ1) is 11.4. The molecule has 1 fully saturated rings. The number of nitrogens with zero attached hydrogens (tertiary/aromatic N) is 1. The fraction of sp³-hybridized carbons (Fsp3) is 0.357. The molecule has 3 rings (SSSR count). The van der Waals surface area contributed by atoms with Crippen LogP contribution in [-0.2, 0) is 5.41 Å². The van der Waals surface area contributed by atoms with Crippen molar-refractivity contribution in [2.75, 3.05) is 6.54 Å². The molecule has 1 aromatic heterocycles. The highest BCUT2D eigenvalue weighted by atomic mass is 19.1. The summed E-state index contributed by atoms with van der Waals surface area (Å²) in [5.41, 5.74) is 7.60. The molecule has 0 amide bonds. The molecule has 1 heterocycles. The molecule has 0 atom stereocenters. The van der Waals surface area contributed by atoms with E-state index < -0.39 is 0 Å². The maximum Gasteiger partial charge on any atom is 0.167 e. The number of benzene rings is 1. The fourth-order valence-corrected chi connectivity index (χ4v) is 2.44.